The van der Waals surface area contributed by atoms with Crippen LogP contribution in [-0.4, -0.2) is 0 Å². The number of rotatable bonds is 8. The number of hydrogen-bond acceptors (Lipinski definition) is 4. The van der Waals surface area contributed by atoms with E-state index in [1.165, 1.54) is 32.8 Å². The summed E-state index contributed by atoms with van der Waals surface area (Å²) >= 11 is 0. The SMILES string of the molecule is c1ccc(-c2ccccc2CN(c2ccccc2)c2cccc(N(c3ccc4ccc5cc6oc7ccccc7c6cc5c4c3)c3cccc4oc5ccccc5c34)c2)cc1. The van der Waals surface area contributed by atoms with Gasteiger partial charge < -0.3 is 18.6 Å². The van der Waals surface area contributed by atoms with Gasteiger partial charge in [-0.2, -0.15) is 0 Å². The molecule has 2 aromatic heterocycles. The molecule has 2 heterocycles. The fourth-order valence-electron chi connectivity index (χ4n) is 9.24. The van der Waals surface area contributed by atoms with E-state index in [0.29, 0.717) is 6.54 Å². The van der Waals surface area contributed by atoms with Crippen LogP contribution in [0.5, 0.6) is 0 Å². The molecule has 0 saturated carbocycles. The summed E-state index contributed by atoms with van der Waals surface area (Å²) in [5, 5.41) is 9.08. The number of nitrogens with zero attached hydrogens (tertiary/aromatic N) is 2. The summed E-state index contributed by atoms with van der Waals surface area (Å²) in [6, 6.07) is 77.9. The lowest BCUT2D eigenvalue weighted by Crippen LogP contribution is -2.18. The summed E-state index contributed by atoms with van der Waals surface area (Å²) in [6.07, 6.45) is 0. The normalized spacial score (nSPS) is 11.7. The van der Waals surface area contributed by atoms with Crippen molar-refractivity contribution >= 4 is 93.9 Å². The number of fused-ring (bicyclic) bond motifs is 9. The topological polar surface area (TPSA) is 32.8 Å². The Balaban J connectivity index is 1.07. The number of hydrogen-bond donors (Lipinski definition) is 0. The maximum atomic E-state index is 6.50. The van der Waals surface area contributed by atoms with E-state index in [4.69, 9.17) is 8.83 Å². The van der Waals surface area contributed by atoms with Crippen LogP contribution in [0.3, 0.4) is 0 Å². The van der Waals surface area contributed by atoms with Crippen LogP contribution in [0.2, 0.25) is 0 Å². The molecule has 288 valence electrons. The van der Waals surface area contributed by atoms with Crippen LogP contribution in [-0.2, 0) is 6.54 Å². The average Bonchev–Trinajstić information content (AvgIpc) is 3.89. The van der Waals surface area contributed by atoms with E-state index in [2.05, 4.69) is 210 Å². The lowest BCUT2D eigenvalue weighted by Gasteiger charge is -2.30. The van der Waals surface area contributed by atoms with E-state index in [1.54, 1.807) is 0 Å². The minimum absolute atomic E-state index is 0.680. The molecule has 0 unspecified atom stereocenters. The second kappa shape index (κ2) is 14.3. The third-order valence-corrected chi connectivity index (χ3v) is 12.1. The van der Waals surface area contributed by atoms with Crippen molar-refractivity contribution in [2.24, 2.45) is 0 Å². The molecular formula is C57H38N2O2. The van der Waals surface area contributed by atoms with Crippen molar-refractivity contribution in [3.63, 3.8) is 0 Å². The lowest BCUT2D eigenvalue weighted by atomic mass is 9.98. The summed E-state index contributed by atoms with van der Waals surface area (Å²) in [5.41, 5.74) is 12.5. The zero-order chi connectivity index (χ0) is 40.3. The molecule has 0 bridgehead atoms. The molecule has 0 N–H and O–H groups in total. The van der Waals surface area contributed by atoms with E-state index in [0.717, 1.165) is 77.7 Å². The highest BCUT2D eigenvalue weighted by Gasteiger charge is 2.22. The molecule has 0 atom stereocenters. The maximum absolute atomic E-state index is 6.50. The number of benzene rings is 10. The van der Waals surface area contributed by atoms with E-state index < -0.39 is 0 Å². The zero-order valence-corrected chi connectivity index (χ0v) is 33.2. The smallest absolute Gasteiger partial charge is 0.137 e. The van der Waals surface area contributed by atoms with Crippen molar-refractivity contribution in [3.8, 4) is 11.1 Å². The molecule has 61 heavy (non-hydrogen) atoms. The molecule has 0 aliphatic carbocycles. The second-order valence-corrected chi connectivity index (χ2v) is 15.7. The van der Waals surface area contributed by atoms with Gasteiger partial charge in [0, 0.05) is 45.5 Å². The van der Waals surface area contributed by atoms with E-state index in [1.807, 2.05) is 18.2 Å². The summed E-state index contributed by atoms with van der Waals surface area (Å²) < 4.78 is 12.8. The van der Waals surface area contributed by atoms with Crippen LogP contribution < -0.4 is 9.80 Å². The van der Waals surface area contributed by atoms with Gasteiger partial charge in [-0.1, -0.05) is 140 Å². The molecule has 12 aromatic rings. The first-order valence-electron chi connectivity index (χ1n) is 20.8. The monoisotopic (exact) mass is 782 g/mol. The van der Waals surface area contributed by atoms with Crippen LogP contribution in [0.25, 0.3) is 76.5 Å². The molecular weight excluding hydrogens is 745 g/mol. The molecule has 0 aliphatic rings. The number of para-hydroxylation sites is 3. The molecule has 0 fully saturated rings. The second-order valence-electron chi connectivity index (χ2n) is 15.7. The van der Waals surface area contributed by atoms with Crippen LogP contribution in [0, 0.1) is 0 Å². The Bertz CT molecular complexity index is 3590. The van der Waals surface area contributed by atoms with Gasteiger partial charge in [0.25, 0.3) is 0 Å². The first kappa shape index (κ1) is 34.9. The van der Waals surface area contributed by atoms with Gasteiger partial charge in [-0.05, 0) is 117 Å². The quantitative estimate of drug-likeness (QED) is 0.144. The van der Waals surface area contributed by atoms with E-state index in [9.17, 15) is 0 Å². The van der Waals surface area contributed by atoms with Crippen molar-refractivity contribution in [1.82, 2.24) is 0 Å². The molecule has 0 amide bonds. The summed E-state index contributed by atoms with van der Waals surface area (Å²) in [5.74, 6) is 0. The largest absolute Gasteiger partial charge is 0.456 e. The van der Waals surface area contributed by atoms with Crippen molar-refractivity contribution < 1.29 is 8.83 Å². The summed E-state index contributed by atoms with van der Waals surface area (Å²) in [7, 11) is 0. The van der Waals surface area contributed by atoms with Gasteiger partial charge in [-0.25, -0.2) is 0 Å². The van der Waals surface area contributed by atoms with Gasteiger partial charge in [-0.3, -0.25) is 0 Å². The van der Waals surface area contributed by atoms with Gasteiger partial charge in [0.15, 0.2) is 0 Å². The standard InChI is InChI=1S/C57H38N2O2/c1-3-15-38(16-4-1)46-22-8-7-17-41(46)37-58(42-18-5-2-6-19-42)43-20-13-21-44(34-43)59(52-25-14-28-55-57(52)48-24-10-12-27-54(48)60-55)45-32-31-39-29-30-40-33-56-51(36-50(40)49(39)35-45)47-23-9-11-26-53(47)61-56/h1-36H,37H2. The lowest BCUT2D eigenvalue weighted by molar-refractivity contribution is 0.669. The summed E-state index contributed by atoms with van der Waals surface area (Å²) in [4.78, 5) is 4.82. The third kappa shape index (κ3) is 5.99. The Kier molecular flexibility index (Phi) is 8.20. The molecule has 0 aliphatic heterocycles. The fourth-order valence-corrected chi connectivity index (χ4v) is 9.24. The molecule has 0 radical (unpaired) electrons. The molecule has 0 saturated heterocycles. The molecule has 4 heteroatoms. The van der Waals surface area contributed by atoms with Crippen LogP contribution in [0.1, 0.15) is 5.56 Å². The first-order chi connectivity index (χ1) is 30.2. The predicted octanol–water partition coefficient (Wildman–Crippen LogP) is 16.3. The van der Waals surface area contributed by atoms with Crippen LogP contribution >= 0.6 is 0 Å². The molecule has 10 aromatic carbocycles. The van der Waals surface area contributed by atoms with Crippen molar-refractivity contribution in [1.29, 1.82) is 0 Å². The fraction of sp³-hybridized carbons (Fsp3) is 0.0175. The van der Waals surface area contributed by atoms with Crippen molar-refractivity contribution in [2.45, 2.75) is 6.54 Å². The maximum Gasteiger partial charge on any atom is 0.137 e. The minimum atomic E-state index is 0.680. The van der Waals surface area contributed by atoms with Crippen molar-refractivity contribution in [2.75, 3.05) is 9.80 Å². The van der Waals surface area contributed by atoms with E-state index >= 15 is 0 Å². The van der Waals surface area contributed by atoms with Gasteiger partial charge >= 0.3 is 0 Å². The highest BCUT2D eigenvalue weighted by molar-refractivity contribution is 6.18. The third-order valence-electron chi connectivity index (χ3n) is 12.1. The Morgan fingerprint density at radius 3 is 1.82 bits per heavy atom. The Morgan fingerprint density at radius 1 is 0.344 bits per heavy atom. The van der Waals surface area contributed by atoms with Gasteiger partial charge in [0.2, 0.25) is 0 Å². The van der Waals surface area contributed by atoms with Gasteiger partial charge in [-0.15, -0.1) is 0 Å². The Labute approximate surface area is 352 Å². The molecule has 12 rings (SSSR count). The van der Waals surface area contributed by atoms with E-state index in [-0.39, 0.29) is 0 Å². The predicted molar refractivity (Wildman–Crippen MR) is 255 cm³/mol. The number of anilines is 5. The molecule has 0 spiro atoms. The highest BCUT2D eigenvalue weighted by atomic mass is 16.3. The Hall–Kier alpha value is -8.08. The zero-order valence-electron chi connectivity index (χ0n) is 33.2. The Morgan fingerprint density at radius 2 is 0.951 bits per heavy atom. The first-order valence-corrected chi connectivity index (χ1v) is 20.8. The minimum Gasteiger partial charge on any atom is -0.456 e. The van der Waals surface area contributed by atoms with Crippen LogP contribution in [0.4, 0.5) is 28.4 Å². The van der Waals surface area contributed by atoms with Crippen molar-refractivity contribution in [3.05, 3.63) is 224 Å². The van der Waals surface area contributed by atoms with Crippen LogP contribution in [0.15, 0.2) is 227 Å². The highest BCUT2D eigenvalue weighted by Crippen LogP contribution is 2.46. The molecule has 4 nitrogen and oxygen atoms in total. The van der Waals surface area contributed by atoms with Gasteiger partial charge in [0.05, 0.1) is 11.1 Å². The number of furan rings is 2. The van der Waals surface area contributed by atoms with Gasteiger partial charge in [0.1, 0.15) is 22.3 Å². The average molecular weight is 783 g/mol. The summed E-state index contributed by atoms with van der Waals surface area (Å²) in [6.45, 7) is 0.680.